The fourth-order valence-electron chi connectivity index (χ4n) is 2.73. The second-order valence-corrected chi connectivity index (χ2v) is 6.01. The summed E-state index contributed by atoms with van der Waals surface area (Å²) in [7, 11) is 0. The Kier molecular flexibility index (Phi) is 3.10. The van der Waals surface area contributed by atoms with Gasteiger partial charge in [0.05, 0.1) is 16.7 Å². The number of carboxylic acids is 1. The molecular weight excluding hydrogens is 264 g/mol. The van der Waals surface area contributed by atoms with Crippen molar-refractivity contribution in [2.24, 2.45) is 11.8 Å². The van der Waals surface area contributed by atoms with Crippen molar-refractivity contribution < 1.29 is 14.4 Å². The topological polar surface area (TPSA) is 76.2 Å². The Hall–Kier alpha value is -1.69. The number of nitrogens with zero attached hydrogens (tertiary/aromatic N) is 2. The van der Waals surface area contributed by atoms with Crippen LogP contribution in [0, 0.1) is 11.8 Å². The van der Waals surface area contributed by atoms with E-state index in [9.17, 15) is 9.90 Å². The highest BCUT2D eigenvalue weighted by atomic mass is 32.1. The Morgan fingerprint density at radius 3 is 3.05 bits per heavy atom. The van der Waals surface area contributed by atoms with Crippen molar-refractivity contribution in [2.45, 2.75) is 25.7 Å². The summed E-state index contributed by atoms with van der Waals surface area (Å²) >= 11 is 1.54. The van der Waals surface area contributed by atoms with Crippen LogP contribution in [0.1, 0.15) is 31.6 Å². The third-order valence-electron chi connectivity index (χ3n) is 3.62. The summed E-state index contributed by atoms with van der Waals surface area (Å²) in [6, 6.07) is 3.85. The van der Waals surface area contributed by atoms with E-state index in [0.717, 1.165) is 11.3 Å². The number of carbonyl (C=O) groups is 1. The number of hydrogen-bond acceptors (Lipinski definition) is 5. The summed E-state index contributed by atoms with van der Waals surface area (Å²) in [5.74, 6) is 0.0441. The molecule has 0 aliphatic heterocycles. The minimum Gasteiger partial charge on any atom is -0.481 e. The normalized spacial score (nSPS) is 26.7. The molecule has 1 aliphatic rings. The Balaban J connectivity index is 1.88. The first-order valence-electron chi connectivity index (χ1n) is 6.25. The summed E-state index contributed by atoms with van der Waals surface area (Å²) in [5.41, 5.74) is 0. The van der Waals surface area contributed by atoms with Gasteiger partial charge in [0.1, 0.15) is 0 Å². The lowest BCUT2D eigenvalue weighted by molar-refractivity contribution is -0.142. The lowest BCUT2D eigenvalue weighted by Crippen LogP contribution is -2.17. The van der Waals surface area contributed by atoms with Crippen molar-refractivity contribution >= 4 is 17.3 Å². The number of carboxylic acid groups (broad SMARTS) is 1. The molecule has 0 bridgehead atoms. The number of hydrogen-bond donors (Lipinski definition) is 1. The standard InChI is InChI=1S/C13H14N2O3S/c1-7-5-8(9(6-7)13(16)17)12-14-11(15-18-12)10-3-2-4-19-10/h2-4,7-9H,5-6H2,1H3,(H,16,17). The summed E-state index contributed by atoms with van der Waals surface area (Å²) < 4.78 is 5.28. The van der Waals surface area contributed by atoms with Gasteiger partial charge in [0.15, 0.2) is 0 Å². The first-order valence-corrected chi connectivity index (χ1v) is 7.13. The van der Waals surface area contributed by atoms with E-state index in [1.165, 1.54) is 11.3 Å². The molecule has 19 heavy (non-hydrogen) atoms. The van der Waals surface area contributed by atoms with E-state index in [1.54, 1.807) is 0 Å². The van der Waals surface area contributed by atoms with Gasteiger partial charge in [-0.15, -0.1) is 11.3 Å². The SMILES string of the molecule is CC1CC(C(=O)O)C(c2nc(-c3cccs3)no2)C1. The Morgan fingerprint density at radius 1 is 1.53 bits per heavy atom. The van der Waals surface area contributed by atoms with Gasteiger partial charge < -0.3 is 9.63 Å². The summed E-state index contributed by atoms with van der Waals surface area (Å²) in [5, 5.41) is 15.2. The Morgan fingerprint density at radius 2 is 2.37 bits per heavy atom. The highest BCUT2D eigenvalue weighted by molar-refractivity contribution is 7.13. The molecule has 2 heterocycles. The zero-order valence-electron chi connectivity index (χ0n) is 10.4. The predicted octanol–water partition coefficient (Wildman–Crippen LogP) is 3.01. The van der Waals surface area contributed by atoms with Gasteiger partial charge in [0.25, 0.3) is 0 Å². The van der Waals surface area contributed by atoms with E-state index in [0.29, 0.717) is 24.1 Å². The minimum atomic E-state index is -0.773. The van der Waals surface area contributed by atoms with Crippen LogP contribution in [0.4, 0.5) is 0 Å². The van der Waals surface area contributed by atoms with Gasteiger partial charge in [0, 0.05) is 0 Å². The molecule has 5 nitrogen and oxygen atoms in total. The summed E-state index contributed by atoms with van der Waals surface area (Å²) in [6.07, 6.45) is 1.47. The van der Waals surface area contributed by atoms with Crippen LogP contribution >= 0.6 is 11.3 Å². The van der Waals surface area contributed by atoms with Crippen LogP contribution in [-0.4, -0.2) is 21.2 Å². The van der Waals surface area contributed by atoms with Gasteiger partial charge in [-0.2, -0.15) is 4.98 Å². The molecule has 0 radical (unpaired) electrons. The zero-order chi connectivity index (χ0) is 13.4. The van der Waals surface area contributed by atoms with E-state index < -0.39 is 11.9 Å². The van der Waals surface area contributed by atoms with Crippen LogP contribution in [0.25, 0.3) is 10.7 Å². The first-order chi connectivity index (χ1) is 9.15. The molecule has 1 saturated carbocycles. The van der Waals surface area contributed by atoms with Crippen molar-refractivity contribution in [1.29, 1.82) is 0 Å². The van der Waals surface area contributed by atoms with Crippen LogP contribution in [-0.2, 0) is 4.79 Å². The average Bonchev–Trinajstić information content (AvgIpc) is 3.07. The maximum atomic E-state index is 11.3. The Labute approximate surface area is 114 Å². The third-order valence-corrected chi connectivity index (χ3v) is 4.48. The number of aliphatic carboxylic acids is 1. The van der Waals surface area contributed by atoms with Crippen molar-refractivity contribution in [1.82, 2.24) is 10.1 Å². The molecule has 3 unspecified atom stereocenters. The fraction of sp³-hybridized carbons (Fsp3) is 0.462. The minimum absolute atomic E-state index is 0.159. The van der Waals surface area contributed by atoms with Crippen LogP contribution in [0.3, 0.4) is 0 Å². The molecule has 6 heteroatoms. The summed E-state index contributed by atoms with van der Waals surface area (Å²) in [4.78, 5) is 16.6. The largest absolute Gasteiger partial charge is 0.481 e. The monoisotopic (exact) mass is 278 g/mol. The zero-order valence-corrected chi connectivity index (χ0v) is 11.3. The van der Waals surface area contributed by atoms with Crippen LogP contribution in [0.15, 0.2) is 22.0 Å². The third kappa shape index (κ3) is 2.28. The maximum absolute atomic E-state index is 11.3. The van der Waals surface area contributed by atoms with Crippen molar-refractivity contribution in [3.63, 3.8) is 0 Å². The van der Waals surface area contributed by atoms with E-state index in [4.69, 9.17) is 4.52 Å². The van der Waals surface area contributed by atoms with Crippen LogP contribution in [0.5, 0.6) is 0 Å². The van der Waals surface area contributed by atoms with Gasteiger partial charge in [-0.1, -0.05) is 18.1 Å². The van der Waals surface area contributed by atoms with E-state index in [2.05, 4.69) is 17.1 Å². The van der Waals surface area contributed by atoms with E-state index in [1.807, 2.05) is 17.5 Å². The molecule has 1 N–H and O–H groups in total. The molecule has 2 aromatic rings. The lowest BCUT2D eigenvalue weighted by atomic mass is 9.96. The Bertz CT molecular complexity index is 578. The highest BCUT2D eigenvalue weighted by Gasteiger charge is 2.41. The van der Waals surface area contributed by atoms with E-state index >= 15 is 0 Å². The van der Waals surface area contributed by atoms with Crippen LogP contribution < -0.4 is 0 Å². The van der Waals surface area contributed by atoms with Crippen molar-refractivity contribution in [3.05, 3.63) is 23.4 Å². The van der Waals surface area contributed by atoms with Gasteiger partial charge in [0.2, 0.25) is 11.7 Å². The van der Waals surface area contributed by atoms with Gasteiger partial charge in [-0.25, -0.2) is 0 Å². The first kappa shape index (κ1) is 12.3. The van der Waals surface area contributed by atoms with Crippen molar-refractivity contribution in [2.75, 3.05) is 0 Å². The lowest BCUT2D eigenvalue weighted by Gasteiger charge is -2.09. The number of rotatable bonds is 3. The molecule has 3 rings (SSSR count). The molecule has 0 saturated heterocycles. The molecule has 1 fully saturated rings. The van der Waals surface area contributed by atoms with Gasteiger partial charge in [-0.3, -0.25) is 4.79 Å². The second kappa shape index (κ2) is 4.77. The number of aromatic nitrogens is 2. The van der Waals surface area contributed by atoms with Crippen LogP contribution in [0.2, 0.25) is 0 Å². The van der Waals surface area contributed by atoms with Gasteiger partial charge in [-0.05, 0) is 30.2 Å². The van der Waals surface area contributed by atoms with Gasteiger partial charge >= 0.3 is 5.97 Å². The quantitative estimate of drug-likeness (QED) is 0.934. The molecular formula is C13H14N2O3S. The molecule has 0 spiro atoms. The predicted molar refractivity (Wildman–Crippen MR) is 69.9 cm³/mol. The second-order valence-electron chi connectivity index (χ2n) is 5.06. The molecule has 2 aromatic heterocycles. The van der Waals surface area contributed by atoms with Crippen molar-refractivity contribution in [3.8, 4) is 10.7 Å². The molecule has 0 aromatic carbocycles. The maximum Gasteiger partial charge on any atom is 0.307 e. The smallest absolute Gasteiger partial charge is 0.307 e. The summed E-state index contributed by atoms with van der Waals surface area (Å²) in [6.45, 7) is 2.06. The van der Waals surface area contributed by atoms with E-state index in [-0.39, 0.29) is 5.92 Å². The molecule has 3 atom stereocenters. The molecule has 0 amide bonds. The number of thiophene rings is 1. The fourth-order valence-corrected chi connectivity index (χ4v) is 3.38. The average molecular weight is 278 g/mol. The highest BCUT2D eigenvalue weighted by Crippen LogP contribution is 2.42. The molecule has 100 valence electrons. The molecule has 1 aliphatic carbocycles.